The fourth-order valence-electron chi connectivity index (χ4n) is 2.06. The predicted octanol–water partition coefficient (Wildman–Crippen LogP) is -0.171. The van der Waals surface area contributed by atoms with Gasteiger partial charge in [-0.05, 0) is 19.4 Å². The minimum atomic E-state index is -0.903. The van der Waals surface area contributed by atoms with Crippen LogP contribution in [0.5, 0.6) is 0 Å². The topological polar surface area (TPSA) is 91.9 Å². The number of hydrogen-bond acceptors (Lipinski definition) is 5. The molecule has 6 heteroatoms. The fraction of sp³-hybridized carbons (Fsp3) is 0.583. The van der Waals surface area contributed by atoms with Crippen LogP contribution >= 0.6 is 0 Å². The second-order valence-corrected chi connectivity index (χ2v) is 4.34. The van der Waals surface area contributed by atoms with Crippen molar-refractivity contribution in [3.63, 3.8) is 0 Å². The largest absolute Gasteiger partial charge is 0.469 e. The SMILES string of the molecule is Cc1occc1C(=O)N[C@H]1CCO[C@H](CO)[C@H]1O. The highest BCUT2D eigenvalue weighted by Crippen LogP contribution is 2.16. The minimum absolute atomic E-state index is 0.266. The van der Waals surface area contributed by atoms with E-state index < -0.39 is 18.2 Å². The van der Waals surface area contributed by atoms with Gasteiger partial charge in [0.2, 0.25) is 0 Å². The number of hydrogen-bond donors (Lipinski definition) is 3. The molecule has 3 N–H and O–H groups in total. The third-order valence-electron chi connectivity index (χ3n) is 3.15. The Kier molecular flexibility index (Phi) is 4.00. The van der Waals surface area contributed by atoms with Crippen molar-refractivity contribution in [1.29, 1.82) is 0 Å². The average Bonchev–Trinajstić information content (AvgIpc) is 2.78. The van der Waals surface area contributed by atoms with E-state index in [0.717, 1.165) is 0 Å². The Hall–Kier alpha value is -1.37. The molecule has 3 atom stereocenters. The quantitative estimate of drug-likeness (QED) is 0.697. The molecule has 0 radical (unpaired) electrons. The molecule has 6 nitrogen and oxygen atoms in total. The number of carbonyl (C=O) groups is 1. The molecule has 100 valence electrons. The maximum absolute atomic E-state index is 11.9. The second-order valence-electron chi connectivity index (χ2n) is 4.34. The Bertz CT molecular complexity index is 416. The van der Waals surface area contributed by atoms with Crippen LogP contribution in [0.25, 0.3) is 0 Å². The molecule has 0 aliphatic carbocycles. The van der Waals surface area contributed by atoms with Crippen LogP contribution < -0.4 is 5.32 Å². The summed E-state index contributed by atoms with van der Waals surface area (Å²) in [5.41, 5.74) is 0.453. The molecule has 1 aliphatic rings. The second kappa shape index (κ2) is 5.51. The van der Waals surface area contributed by atoms with Crippen molar-refractivity contribution in [2.24, 2.45) is 0 Å². The Morgan fingerprint density at radius 3 is 3.00 bits per heavy atom. The summed E-state index contributed by atoms with van der Waals surface area (Å²) in [7, 11) is 0. The Balaban J connectivity index is 2.01. The molecule has 1 aromatic rings. The molecule has 2 rings (SSSR count). The lowest BCUT2D eigenvalue weighted by Gasteiger charge is -2.34. The molecule has 18 heavy (non-hydrogen) atoms. The molecule has 2 heterocycles. The normalized spacial score (nSPS) is 28.1. The molecular formula is C12H17NO5. The number of amides is 1. The molecule has 1 aromatic heterocycles. The molecule has 0 aromatic carbocycles. The van der Waals surface area contributed by atoms with E-state index in [2.05, 4.69) is 5.32 Å². The maximum Gasteiger partial charge on any atom is 0.255 e. The number of ether oxygens (including phenoxy) is 1. The smallest absolute Gasteiger partial charge is 0.255 e. The standard InChI is InChI=1S/C12H17NO5/c1-7-8(2-4-17-7)12(16)13-9-3-5-18-10(6-14)11(9)15/h2,4,9-11,14-15H,3,5-6H2,1H3,(H,13,16)/t9-,10+,11-/m0/s1. The van der Waals surface area contributed by atoms with E-state index in [-0.39, 0.29) is 12.5 Å². The highest BCUT2D eigenvalue weighted by atomic mass is 16.5. The summed E-state index contributed by atoms with van der Waals surface area (Å²) in [5.74, 6) is 0.247. The summed E-state index contributed by atoms with van der Waals surface area (Å²) in [6.45, 7) is 1.84. The summed E-state index contributed by atoms with van der Waals surface area (Å²) in [5, 5.41) is 21.7. The lowest BCUT2D eigenvalue weighted by atomic mass is 9.99. The molecule has 1 saturated heterocycles. The van der Waals surface area contributed by atoms with E-state index in [1.54, 1.807) is 13.0 Å². The molecule has 1 fully saturated rings. The first-order chi connectivity index (χ1) is 8.63. The van der Waals surface area contributed by atoms with Gasteiger partial charge in [0.05, 0.1) is 24.5 Å². The number of rotatable bonds is 3. The van der Waals surface area contributed by atoms with Crippen LogP contribution in [0, 0.1) is 6.92 Å². The summed E-state index contributed by atoms with van der Waals surface area (Å²) in [4.78, 5) is 11.9. The van der Waals surface area contributed by atoms with Crippen LogP contribution in [-0.4, -0.2) is 47.6 Å². The van der Waals surface area contributed by atoms with Crippen LogP contribution in [0.1, 0.15) is 22.5 Å². The van der Waals surface area contributed by atoms with Crippen molar-refractivity contribution < 1.29 is 24.2 Å². The minimum Gasteiger partial charge on any atom is -0.469 e. The summed E-state index contributed by atoms with van der Waals surface area (Å²) < 4.78 is 10.3. The van der Waals surface area contributed by atoms with E-state index in [4.69, 9.17) is 14.3 Å². The number of aliphatic hydroxyl groups is 2. The van der Waals surface area contributed by atoms with Gasteiger partial charge < -0.3 is 24.7 Å². The first-order valence-electron chi connectivity index (χ1n) is 5.89. The monoisotopic (exact) mass is 255 g/mol. The lowest BCUT2D eigenvalue weighted by Crippen LogP contribution is -2.54. The highest BCUT2D eigenvalue weighted by molar-refractivity contribution is 5.95. The van der Waals surface area contributed by atoms with E-state index >= 15 is 0 Å². The molecule has 0 unspecified atom stereocenters. The van der Waals surface area contributed by atoms with Gasteiger partial charge >= 0.3 is 0 Å². The van der Waals surface area contributed by atoms with E-state index in [0.29, 0.717) is 24.4 Å². The zero-order valence-electron chi connectivity index (χ0n) is 10.1. The van der Waals surface area contributed by atoms with Gasteiger partial charge in [-0.2, -0.15) is 0 Å². The summed E-state index contributed by atoms with van der Waals surface area (Å²) in [6, 6.07) is 1.16. The van der Waals surface area contributed by atoms with Crippen LogP contribution in [0.15, 0.2) is 16.7 Å². The van der Waals surface area contributed by atoms with Crippen molar-refractivity contribution in [3.8, 4) is 0 Å². The lowest BCUT2D eigenvalue weighted by molar-refractivity contribution is -0.107. The van der Waals surface area contributed by atoms with Crippen molar-refractivity contribution >= 4 is 5.91 Å². The number of carbonyl (C=O) groups excluding carboxylic acids is 1. The van der Waals surface area contributed by atoms with E-state index in [9.17, 15) is 9.90 Å². The van der Waals surface area contributed by atoms with Gasteiger partial charge in [-0.15, -0.1) is 0 Å². The van der Waals surface area contributed by atoms with Gasteiger partial charge in [0.15, 0.2) is 0 Å². The molecule has 0 saturated carbocycles. The Morgan fingerprint density at radius 2 is 2.39 bits per heavy atom. The van der Waals surface area contributed by atoms with Crippen LogP contribution in [0.3, 0.4) is 0 Å². The van der Waals surface area contributed by atoms with Gasteiger partial charge in [-0.1, -0.05) is 0 Å². The third-order valence-corrected chi connectivity index (χ3v) is 3.15. The van der Waals surface area contributed by atoms with Gasteiger partial charge in [0, 0.05) is 6.61 Å². The zero-order chi connectivity index (χ0) is 13.1. The Labute approximate surface area is 105 Å². The van der Waals surface area contributed by atoms with E-state index in [1.807, 2.05) is 0 Å². The highest BCUT2D eigenvalue weighted by Gasteiger charge is 2.33. The molecular weight excluding hydrogens is 238 g/mol. The zero-order valence-corrected chi connectivity index (χ0v) is 10.1. The predicted molar refractivity (Wildman–Crippen MR) is 62.1 cm³/mol. The van der Waals surface area contributed by atoms with Crippen molar-refractivity contribution in [3.05, 3.63) is 23.7 Å². The number of nitrogens with one attached hydrogen (secondary N) is 1. The van der Waals surface area contributed by atoms with Crippen LogP contribution in [-0.2, 0) is 4.74 Å². The first kappa shape index (κ1) is 13.1. The molecule has 1 amide bonds. The third kappa shape index (κ3) is 2.55. The number of aryl methyl sites for hydroxylation is 1. The molecule has 1 aliphatic heterocycles. The fourth-order valence-corrected chi connectivity index (χ4v) is 2.06. The van der Waals surface area contributed by atoms with Gasteiger partial charge in [0.1, 0.15) is 18.0 Å². The van der Waals surface area contributed by atoms with Crippen LogP contribution in [0.4, 0.5) is 0 Å². The van der Waals surface area contributed by atoms with Crippen molar-refractivity contribution in [2.45, 2.75) is 31.6 Å². The Morgan fingerprint density at radius 1 is 1.61 bits per heavy atom. The number of aliphatic hydroxyl groups excluding tert-OH is 2. The van der Waals surface area contributed by atoms with Crippen molar-refractivity contribution in [2.75, 3.05) is 13.2 Å². The average molecular weight is 255 g/mol. The van der Waals surface area contributed by atoms with Crippen molar-refractivity contribution in [1.82, 2.24) is 5.32 Å². The van der Waals surface area contributed by atoms with E-state index in [1.165, 1.54) is 6.26 Å². The maximum atomic E-state index is 11.9. The van der Waals surface area contributed by atoms with Gasteiger partial charge in [-0.3, -0.25) is 4.79 Å². The first-order valence-corrected chi connectivity index (χ1v) is 5.89. The summed E-state index contributed by atoms with van der Waals surface area (Å²) >= 11 is 0. The van der Waals surface area contributed by atoms with Gasteiger partial charge in [0.25, 0.3) is 5.91 Å². The molecule has 0 spiro atoms. The summed E-state index contributed by atoms with van der Waals surface area (Å²) in [6.07, 6.45) is 0.413. The van der Waals surface area contributed by atoms with Gasteiger partial charge in [-0.25, -0.2) is 0 Å². The van der Waals surface area contributed by atoms with Crippen LogP contribution in [0.2, 0.25) is 0 Å². The number of furan rings is 1. The molecule has 0 bridgehead atoms.